The van der Waals surface area contributed by atoms with Crippen LogP contribution in [0.3, 0.4) is 0 Å². The predicted octanol–water partition coefficient (Wildman–Crippen LogP) is 3.07. The van der Waals surface area contributed by atoms with Gasteiger partial charge >= 0.3 is 0 Å². The van der Waals surface area contributed by atoms with Gasteiger partial charge in [-0.2, -0.15) is 4.98 Å². The van der Waals surface area contributed by atoms with Crippen molar-refractivity contribution in [3.8, 4) is 11.4 Å². The lowest BCUT2D eigenvalue weighted by Crippen LogP contribution is -2.27. The number of benzene rings is 1. The first-order valence-corrected chi connectivity index (χ1v) is 8.77. The van der Waals surface area contributed by atoms with Crippen molar-refractivity contribution in [2.45, 2.75) is 46.2 Å². The van der Waals surface area contributed by atoms with E-state index in [1.165, 1.54) is 5.56 Å². The van der Waals surface area contributed by atoms with Gasteiger partial charge < -0.3 is 14.4 Å². The number of carbonyl (C=O) groups excluding carboxylic acids is 1. The van der Waals surface area contributed by atoms with E-state index in [0.717, 1.165) is 17.8 Å². The third-order valence-corrected chi connectivity index (χ3v) is 4.20. The summed E-state index contributed by atoms with van der Waals surface area (Å²) in [5.41, 5.74) is 2.05. The number of amides is 1. The first-order chi connectivity index (χ1) is 12.6. The molecule has 0 aliphatic rings. The van der Waals surface area contributed by atoms with Crippen molar-refractivity contribution in [2.75, 3.05) is 0 Å². The number of carbonyl (C=O) groups is 1. The number of aromatic nitrogens is 4. The molecule has 0 fully saturated rings. The van der Waals surface area contributed by atoms with Gasteiger partial charge in [0.25, 0.3) is 0 Å². The minimum absolute atomic E-state index is 0.0664. The van der Waals surface area contributed by atoms with E-state index in [2.05, 4.69) is 20.4 Å². The summed E-state index contributed by atoms with van der Waals surface area (Å²) in [6.45, 7) is 6.50. The Hall–Kier alpha value is -2.96. The molecule has 0 bridgehead atoms. The zero-order valence-corrected chi connectivity index (χ0v) is 15.3. The van der Waals surface area contributed by atoms with Gasteiger partial charge in [0, 0.05) is 37.3 Å². The van der Waals surface area contributed by atoms with Gasteiger partial charge in [0.2, 0.25) is 17.6 Å². The first-order valence-electron chi connectivity index (χ1n) is 8.77. The van der Waals surface area contributed by atoms with Crippen LogP contribution >= 0.6 is 0 Å². The highest BCUT2D eigenvalue weighted by atomic mass is 16.5. The van der Waals surface area contributed by atoms with Crippen molar-refractivity contribution in [1.29, 1.82) is 0 Å². The van der Waals surface area contributed by atoms with Crippen molar-refractivity contribution in [3.05, 3.63) is 53.9 Å². The molecule has 3 rings (SSSR count). The molecule has 0 saturated heterocycles. The summed E-state index contributed by atoms with van der Waals surface area (Å²) in [6.07, 6.45) is 4.85. The maximum Gasteiger partial charge on any atom is 0.249 e. The average molecular weight is 353 g/mol. The fraction of sp³-hybridized carbons (Fsp3) is 0.368. The highest BCUT2D eigenvalue weighted by Gasteiger charge is 2.17. The molecule has 3 aromatic rings. The van der Waals surface area contributed by atoms with Crippen LogP contribution in [0.4, 0.5) is 0 Å². The molecule has 0 aliphatic carbocycles. The van der Waals surface area contributed by atoms with Crippen molar-refractivity contribution in [1.82, 2.24) is 25.0 Å². The number of nitrogens with zero attached hydrogens (tertiary/aromatic N) is 4. The third-order valence-electron chi connectivity index (χ3n) is 4.20. The molecule has 0 saturated carbocycles. The largest absolute Gasteiger partial charge is 0.345 e. The van der Waals surface area contributed by atoms with E-state index in [0.29, 0.717) is 24.7 Å². The normalized spacial score (nSPS) is 12.1. The van der Waals surface area contributed by atoms with Gasteiger partial charge in [-0.05, 0) is 13.8 Å². The zero-order valence-electron chi connectivity index (χ0n) is 15.3. The van der Waals surface area contributed by atoms with Crippen LogP contribution < -0.4 is 5.32 Å². The van der Waals surface area contributed by atoms with Crippen LogP contribution in [0, 0.1) is 6.92 Å². The molecular weight excluding hydrogens is 330 g/mol. The number of nitrogens with one attached hydrogen (secondary N) is 1. The predicted molar refractivity (Wildman–Crippen MR) is 97.3 cm³/mol. The van der Waals surface area contributed by atoms with Crippen molar-refractivity contribution in [2.24, 2.45) is 0 Å². The van der Waals surface area contributed by atoms with E-state index in [9.17, 15) is 4.79 Å². The quantitative estimate of drug-likeness (QED) is 0.705. The van der Waals surface area contributed by atoms with Crippen LogP contribution in [0.2, 0.25) is 0 Å². The van der Waals surface area contributed by atoms with Crippen molar-refractivity contribution >= 4 is 5.91 Å². The minimum atomic E-state index is -0.345. The Morgan fingerprint density at radius 1 is 1.31 bits per heavy atom. The van der Waals surface area contributed by atoms with Gasteiger partial charge in [-0.3, -0.25) is 4.79 Å². The number of hydrogen-bond donors (Lipinski definition) is 1. The van der Waals surface area contributed by atoms with E-state index in [4.69, 9.17) is 4.52 Å². The zero-order chi connectivity index (χ0) is 18.5. The number of hydrogen-bond acceptors (Lipinski definition) is 5. The molecule has 1 aromatic carbocycles. The topological polar surface area (TPSA) is 85.8 Å². The van der Waals surface area contributed by atoms with Crippen molar-refractivity contribution in [3.63, 3.8) is 0 Å². The van der Waals surface area contributed by atoms with Gasteiger partial charge in [0.05, 0.1) is 0 Å². The van der Waals surface area contributed by atoms with Crippen LogP contribution in [0.1, 0.15) is 43.6 Å². The second kappa shape index (κ2) is 7.95. The summed E-state index contributed by atoms with van der Waals surface area (Å²) in [5, 5.41) is 6.91. The lowest BCUT2D eigenvalue weighted by molar-refractivity contribution is -0.122. The maximum atomic E-state index is 12.2. The Morgan fingerprint density at radius 2 is 2.08 bits per heavy atom. The summed E-state index contributed by atoms with van der Waals surface area (Å²) in [4.78, 5) is 20.9. The molecule has 0 aliphatic heterocycles. The Bertz CT molecular complexity index is 866. The van der Waals surface area contributed by atoms with Crippen LogP contribution in [0.15, 0.2) is 41.2 Å². The Kier molecular flexibility index (Phi) is 5.46. The molecule has 1 amide bonds. The first kappa shape index (κ1) is 17.8. The monoisotopic (exact) mass is 353 g/mol. The summed E-state index contributed by atoms with van der Waals surface area (Å²) >= 11 is 0. The second-order valence-corrected chi connectivity index (χ2v) is 6.25. The summed E-state index contributed by atoms with van der Waals surface area (Å²) < 4.78 is 7.30. The molecule has 136 valence electrons. The van der Waals surface area contributed by atoms with Crippen LogP contribution in [0.5, 0.6) is 0 Å². The molecule has 0 spiro atoms. The van der Waals surface area contributed by atoms with Crippen LogP contribution in [-0.4, -0.2) is 25.6 Å². The van der Waals surface area contributed by atoms with E-state index < -0.39 is 0 Å². The smallest absolute Gasteiger partial charge is 0.249 e. The van der Waals surface area contributed by atoms with Gasteiger partial charge in [-0.25, -0.2) is 4.98 Å². The Labute approximate surface area is 152 Å². The lowest BCUT2D eigenvalue weighted by atomic mass is 10.1. The minimum Gasteiger partial charge on any atom is -0.345 e. The van der Waals surface area contributed by atoms with Gasteiger partial charge in [0.1, 0.15) is 11.9 Å². The molecule has 7 nitrogen and oxygen atoms in total. The summed E-state index contributed by atoms with van der Waals surface area (Å²) in [5.74, 6) is 1.83. The molecule has 1 atom stereocenters. The fourth-order valence-electron chi connectivity index (χ4n) is 2.69. The molecule has 0 radical (unpaired) electrons. The maximum absolute atomic E-state index is 12.2. The molecule has 26 heavy (non-hydrogen) atoms. The molecule has 2 heterocycles. The summed E-state index contributed by atoms with van der Waals surface area (Å²) in [6, 6.07) is 7.55. The Morgan fingerprint density at radius 3 is 2.81 bits per heavy atom. The number of imidazole rings is 1. The molecule has 1 unspecified atom stereocenters. The molecule has 2 aromatic heterocycles. The second-order valence-electron chi connectivity index (χ2n) is 6.25. The highest BCUT2D eigenvalue weighted by molar-refractivity contribution is 5.76. The molecule has 1 N–H and O–H groups in total. The summed E-state index contributed by atoms with van der Waals surface area (Å²) in [7, 11) is 0. The molecular formula is C19H23N5O2. The van der Waals surface area contributed by atoms with Crippen molar-refractivity contribution < 1.29 is 9.32 Å². The lowest BCUT2D eigenvalue weighted by Gasteiger charge is -2.10. The van der Waals surface area contributed by atoms with Crippen LogP contribution in [-0.2, 0) is 17.8 Å². The Balaban J connectivity index is 1.57. The van der Waals surface area contributed by atoms with Crippen LogP contribution in [0.25, 0.3) is 11.4 Å². The third kappa shape index (κ3) is 4.17. The van der Waals surface area contributed by atoms with Gasteiger partial charge in [-0.15, -0.1) is 0 Å². The van der Waals surface area contributed by atoms with E-state index >= 15 is 0 Å². The highest BCUT2D eigenvalue weighted by Crippen LogP contribution is 2.19. The van der Waals surface area contributed by atoms with E-state index in [-0.39, 0.29) is 11.9 Å². The van der Waals surface area contributed by atoms with Gasteiger partial charge in [-0.1, -0.05) is 41.9 Å². The molecule has 7 heteroatoms. The number of rotatable bonds is 7. The van der Waals surface area contributed by atoms with E-state index in [1.807, 2.05) is 55.8 Å². The van der Waals surface area contributed by atoms with Gasteiger partial charge in [0.15, 0.2) is 0 Å². The number of aryl methyl sites for hydroxylation is 3. The standard InChI is InChI=1S/C19H23N5O2/c1-4-16-20-10-12-24(16)11-9-17(25)21-14(3)19-22-18(23-26-19)15-7-5-13(2)6-8-15/h5-8,10,12,14H,4,9,11H2,1-3H3,(H,21,25). The van der Waals surface area contributed by atoms with E-state index in [1.54, 1.807) is 6.20 Å². The average Bonchev–Trinajstić information content (AvgIpc) is 3.29. The fourth-order valence-corrected chi connectivity index (χ4v) is 2.69. The SMILES string of the molecule is CCc1nccn1CCC(=O)NC(C)c1nc(-c2ccc(C)cc2)no1.